The summed E-state index contributed by atoms with van der Waals surface area (Å²) in [7, 11) is 0. The fraction of sp³-hybridized carbons (Fsp3) is 0.200. The average Bonchev–Trinajstić information content (AvgIpc) is 2.38. The molecule has 0 aromatic heterocycles. The van der Waals surface area contributed by atoms with Crippen LogP contribution < -0.4 is 5.32 Å². The van der Waals surface area contributed by atoms with Gasteiger partial charge in [-0.3, -0.25) is 0 Å². The van der Waals surface area contributed by atoms with Crippen LogP contribution in [0.25, 0.3) is 0 Å². The molecule has 0 fully saturated rings. The average molecular weight is 290 g/mol. The summed E-state index contributed by atoms with van der Waals surface area (Å²) in [5.74, 6) is 0. The second kappa shape index (κ2) is 5.99. The third-order valence-electron chi connectivity index (χ3n) is 2.86. The van der Waals surface area contributed by atoms with Crippen LogP contribution in [0.2, 0.25) is 0 Å². The summed E-state index contributed by atoms with van der Waals surface area (Å²) in [6, 6.07) is 19.2. The molecule has 2 aromatic carbocycles. The van der Waals surface area contributed by atoms with Gasteiger partial charge in [-0.15, -0.1) is 0 Å². The van der Waals surface area contributed by atoms with Crippen LogP contribution in [-0.4, -0.2) is 0 Å². The molecule has 0 aliphatic heterocycles. The largest absolute Gasteiger partial charge is 0.306 e. The number of benzene rings is 2. The van der Waals surface area contributed by atoms with Crippen molar-refractivity contribution in [3.63, 3.8) is 0 Å². The van der Waals surface area contributed by atoms with Gasteiger partial charge in [0, 0.05) is 17.1 Å². The van der Waals surface area contributed by atoms with Crippen LogP contribution in [-0.2, 0) is 6.54 Å². The van der Waals surface area contributed by atoms with Gasteiger partial charge in [0.1, 0.15) is 0 Å². The van der Waals surface area contributed by atoms with Gasteiger partial charge in [0.25, 0.3) is 0 Å². The molecule has 0 radical (unpaired) electrons. The molecule has 17 heavy (non-hydrogen) atoms. The molecule has 0 saturated carbocycles. The van der Waals surface area contributed by atoms with Crippen molar-refractivity contribution >= 4 is 15.9 Å². The number of rotatable bonds is 4. The van der Waals surface area contributed by atoms with Gasteiger partial charge in [0.2, 0.25) is 0 Å². The van der Waals surface area contributed by atoms with Crippen molar-refractivity contribution in [2.24, 2.45) is 0 Å². The smallest absolute Gasteiger partial charge is 0.0294 e. The summed E-state index contributed by atoms with van der Waals surface area (Å²) in [5, 5.41) is 3.53. The second-order valence-electron chi connectivity index (χ2n) is 4.10. The van der Waals surface area contributed by atoms with Crippen molar-refractivity contribution in [1.29, 1.82) is 0 Å². The molecule has 0 bridgehead atoms. The summed E-state index contributed by atoms with van der Waals surface area (Å²) in [5.41, 5.74) is 2.61. The molecule has 0 amide bonds. The first kappa shape index (κ1) is 12.3. The molecule has 0 heterocycles. The Labute approximate surface area is 111 Å². The van der Waals surface area contributed by atoms with E-state index in [0.717, 1.165) is 11.0 Å². The fourth-order valence-electron chi connectivity index (χ4n) is 1.76. The van der Waals surface area contributed by atoms with Gasteiger partial charge >= 0.3 is 0 Å². The van der Waals surface area contributed by atoms with E-state index < -0.39 is 0 Å². The number of nitrogens with one attached hydrogen (secondary N) is 1. The first-order valence-corrected chi connectivity index (χ1v) is 6.58. The standard InChI is InChI=1S/C15H16BrN/c1-12(13-7-3-2-4-8-13)17-11-14-9-5-6-10-15(14)16/h2-10,12,17H,11H2,1H3. The van der Waals surface area contributed by atoms with Crippen LogP contribution in [0.3, 0.4) is 0 Å². The molecular formula is C15H16BrN. The SMILES string of the molecule is CC(NCc1ccccc1Br)c1ccccc1. The minimum atomic E-state index is 0.364. The maximum absolute atomic E-state index is 3.56. The first-order valence-electron chi connectivity index (χ1n) is 5.79. The van der Waals surface area contributed by atoms with Crippen LogP contribution in [0.5, 0.6) is 0 Å². The molecule has 1 unspecified atom stereocenters. The normalized spacial score (nSPS) is 12.4. The Hall–Kier alpha value is -1.12. The summed E-state index contributed by atoms with van der Waals surface area (Å²) in [4.78, 5) is 0. The molecule has 0 saturated heterocycles. The van der Waals surface area contributed by atoms with Crippen LogP contribution >= 0.6 is 15.9 Å². The monoisotopic (exact) mass is 289 g/mol. The van der Waals surface area contributed by atoms with Gasteiger partial charge in [0.05, 0.1) is 0 Å². The highest BCUT2D eigenvalue weighted by Gasteiger charge is 2.04. The number of hydrogen-bond acceptors (Lipinski definition) is 1. The van der Waals surface area contributed by atoms with Gasteiger partial charge in [0.15, 0.2) is 0 Å². The Morgan fingerprint density at radius 1 is 1.00 bits per heavy atom. The lowest BCUT2D eigenvalue weighted by Crippen LogP contribution is -2.18. The van der Waals surface area contributed by atoms with Crippen LogP contribution in [0.15, 0.2) is 59.1 Å². The zero-order valence-corrected chi connectivity index (χ0v) is 11.4. The number of hydrogen-bond donors (Lipinski definition) is 1. The molecule has 0 aliphatic carbocycles. The Bertz CT molecular complexity index is 467. The number of halogens is 1. The second-order valence-corrected chi connectivity index (χ2v) is 4.96. The summed E-state index contributed by atoms with van der Waals surface area (Å²) < 4.78 is 1.16. The molecule has 1 N–H and O–H groups in total. The van der Waals surface area contributed by atoms with Crippen molar-refractivity contribution in [3.8, 4) is 0 Å². The Kier molecular flexibility index (Phi) is 4.35. The molecule has 2 rings (SSSR count). The van der Waals surface area contributed by atoms with Gasteiger partial charge in [-0.1, -0.05) is 64.5 Å². The summed E-state index contributed by atoms with van der Waals surface area (Å²) >= 11 is 3.56. The highest BCUT2D eigenvalue weighted by Crippen LogP contribution is 2.17. The molecular weight excluding hydrogens is 274 g/mol. The third kappa shape index (κ3) is 3.42. The van der Waals surface area contributed by atoms with Crippen LogP contribution in [0, 0.1) is 0 Å². The van der Waals surface area contributed by atoms with E-state index in [1.165, 1.54) is 11.1 Å². The topological polar surface area (TPSA) is 12.0 Å². The molecule has 1 atom stereocenters. The minimum Gasteiger partial charge on any atom is -0.306 e. The molecule has 0 aliphatic rings. The lowest BCUT2D eigenvalue weighted by molar-refractivity contribution is 0.574. The summed E-state index contributed by atoms with van der Waals surface area (Å²) in [6.07, 6.45) is 0. The molecule has 2 aromatic rings. The van der Waals surface area contributed by atoms with E-state index in [2.05, 4.69) is 70.6 Å². The Balaban J connectivity index is 1.97. The molecule has 88 valence electrons. The van der Waals surface area contributed by atoms with E-state index in [1.54, 1.807) is 0 Å². The predicted molar refractivity (Wildman–Crippen MR) is 75.8 cm³/mol. The highest BCUT2D eigenvalue weighted by atomic mass is 79.9. The highest BCUT2D eigenvalue weighted by molar-refractivity contribution is 9.10. The van der Waals surface area contributed by atoms with E-state index >= 15 is 0 Å². The zero-order chi connectivity index (χ0) is 12.1. The van der Waals surface area contributed by atoms with Crippen molar-refractivity contribution in [1.82, 2.24) is 5.32 Å². The van der Waals surface area contributed by atoms with Gasteiger partial charge < -0.3 is 5.32 Å². The first-order chi connectivity index (χ1) is 8.27. The van der Waals surface area contributed by atoms with Crippen molar-refractivity contribution < 1.29 is 0 Å². The zero-order valence-electron chi connectivity index (χ0n) is 9.86. The van der Waals surface area contributed by atoms with Crippen molar-refractivity contribution in [2.75, 3.05) is 0 Å². The lowest BCUT2D eigenvalue weighted by atomic mass is 10.1. The minimum absolute atomic E-state index is 0.364. The maximum Gasteiger partial charge on any atom is 0.0294 e. The van der Waals surface area contributed by atoms with E-state index in [0.29, 0.717) is 6.04 Å². The van der Waals surface area contributed by atoms with Crippen LogP contribution in [0.4, 0.5) is 0 Å². The van der Waals surface area contributed by atoms with Gasteiger partial charge in [-0.05, 0) is 24.1 Å². The van der Waals surface area contributed by atoms with Crippen molar-refractivity contribution in [3.05, 3.63) is 70.2 Å². The van der Waals surface area contributed by atoms with E-state index in [9.17, 15) is 0 Å². The van der Waals surface area contributed by atoms with Gasteiger partial charge in [-0.2, -0.15) is 0 Å². The molecule has 0 spiro atoms. The third-order valence-corrected chi connectivity index (χ3v) is 3.63. The molecule has 1 nitrogen and oxygen atoms in total. The van der Waals surface area contributed by atoms with E-state index in [-0.39, 0.29) is 0 Å². The molecule has 2 heteroatoms. The summed E-state index contributed by atoms with van der Waals surface area (Å²) in [6.45, 7) is 3.06. The Morgan fingerprint density at radius 3 is 2.35 bits per heavy atom. The fourth-order valence-corrected chi connectivity index (χ4v) is 2.19. The Morgan fingerprint density at radius 2 is 1.65 bits per heavy atom. The lowest BCUT2D eigenvalue weighted by Gasteiger charge is -2.14. The maximum atomic E-state index is 3.56. The predicted octanol–water partition coefficient (Wildman–Crippen LogP) is 4.30. The van der Waals surface area contributed by atoms with Crippen molar-refractivity contribution in [2.45, 2.75) is 19.5 Å². The quantitative estimate of drug-likeness (QED) is 0.885. The van der Waals surface area contributed by atoms with Crippen LogP contribution in [0.1, 0.15) is 24.1 Å². The van der Waals surface area contributed by atoms with Gasteiger partial charge in [-0.25, -0.2) is 0 Å². The van der Waals surface area contributed by atoms with E-state index in [4.69, 9.17) is 0 Å². The van der Waals surface area contributed by atoms with E-state index in [1.807, 2.05) is 12.1 Å².